The number of aliphatic hydroxyl groups excluding tert-OH is 2. The number of carbonyl (C=O) groups is 3. The van der Waals surface area contributed by atoms with Crippen LogP contribution < -0.4 is 20.7 Å². The van der Waals surface area contributed by atoms with Gasteiger partial charge in [0, 0.05) is 93.7 Å². The molecule has 77 heavy (non-hydrogen) atoms. The molecule has 5 aromatic rings. The smallest absolute Gasteiger partial charge is 0.390 e. The van der Waals surface area contributed by atoms with Gasteiger partial charge in [0.2, 0.25) is 17.8 Å². The minimum Gasteiger partial charge on any atom is -0.493 e. The Morgan fingerprint density at radius 2 is 1.64 bits per heavy atom. The molecule has 0 spiro atoms. The molecule has 416 valence electrons. The number of benzene rings is 2. The second kappa shape index (κ2) is 23.7. The van der Waals surface area contributed by atoms with Crippen LogP contribution in [0, 0.1) is 12.3 Å². The summed E-state index contributed by atoms with van der Waals surface area (Å²) in [5.74, 6) is -1.04. The number of carbonyl (C=O) groups excluding carboxylic acids is 3. The molecule has 0 unspecified atom stereocenters. The fourth-order valence-corrected chi connectivity index (χ4v) is 11.5. The van der Waals surface area contributed by atoms with Gasteiger partial charge in [0.25, 0.3) is 5.91 Å². The van der Waals surface area contributed by atoms with Gasteiger partial charge >= 0.3 is 6.18 Å². The Morgan fingerprint density at radius 1 is 0.922 bits per heavy atom. The lowest BCUT2D eigenvalue weighted by molar-refractivity contribution is -0.145. The van der Waals surface area contributed by atoms with Crippen LogP contribution in [0.25, 0.3) is 32.6 Å². The van der Waals surface area contributed by atoms with Gasteiger partial charge in [0.1, 0.15) is 23.5 Å². The first kappa shape index (κ1) is 56.0. The van der Waals surface area contributed by atoms with Crippen molar-refractivity contribution in [3.05, 3.63) is 77.2 Å². The number of alkyl halides is 4. The average Bonchev–Trinajstić information content (AvgIpc) is 3.67. The van der Waals surface area contributed by atoms with Gasteiger partial charge in [-0.25, -0.2) is 14.4 Å². The van der Waals surface area contributed by atoms with Gasteiger partial charge in [-0.3, -0.25) is 19.3 Å². The van der Waals surface area contributed by atoms with Gasteiger partial charge in [0.05, 0.1) is 41.3 Å². The highest BCUT2D eigenvalue weighted by molar-refractivity contribution is 7.13. The molecule has 2 aromatic carbocycles. The van der Waals surface area contributed by atoms with E-state index in [9.17, 15) is 42.2 Å². The summed E-state index contributed by atoms with van der Waals surface area (Å²) in [4.78, 5) is 61.4. The van der Waals surface area contributed by atoms with Crippen molar-refractivity contribution in [3.63, 3.8) is 0 Å². The molecule has 16 nitrogen and oxygen atoms in total. The summed E-state index contributed by atoms with van der Waals surface area (Å²) in [6, 6.07) is 12.4. The van der Waals surface area contributed by atoms with Crippen molar-refractivity contribution in [1.29, 1.82) is 0 Å². The van der Waals surface area contributed by atoms with E-state index in [0.29, 0.717) is 30.8 Å². The zero-order valence-corrected chi connectivity index (χ0v) is 45.2. The van der Waals surface area contributed by atoms with Gasteiger partial charge in [-0.05, 0) is 93.0 Å². The first-order valence-electron chi connectivity index (χ1n) is 27.0. The molecule has 0 radical (unpaired) electrons. The molecular formula is C56H72F4N10O6S. The highest BCUT2D eigenvalue weighted by Crippen LogP contribution is 2.41. The Morgan fingerprint density at radius 3 is 2.31 bits per heavy atom. The third kappa shape index (κ3) is 13.9. The van der Waals surface area contributed by atoms with Crippen molar-refractivity contribution in [2.45, 2.75) is 147 Å². The highest BCUT2D eigenvalue weighted by atomic mass is 32.1. The number of aliphatic hydroxyl groups is 2. The van der Waals surface area contributed by atoms with E-state index in [4.69, 9.17) is 9.72 Å². The predicted molar refractivity (Wildman–Crippen MR) is 287 cm³/mol. The summed E-state index contributed by atoms with van der Waals surface area (Å²) in [6.45, 7) is 12.9. The van der Waals surface area contributed by atoms with Crippen LogP contribution in [0.15, 0.2) is 60.4 Å². The maximum Gasteiger partial charge on any atom is 0.390 e. The van der Waals surface area contributed by atoms with E-state index in [1.807, 2.05) is 25.1 Å². The normalized spacial score (nSPS) is 21.5. The van der Waals surface area contributed by atoms with Crippen molar-refractivity contribution < 1.29 is 46.9 Å². The number of aromatic nitrogens is 4. The van der Waals surface area contributed by atoms with Crippen molar-refractivity contribution in [1.82, 2.24) is 44.9 Å². The second-order valence-electron chi connectivity index (χ2n) is 22.4. The zero-order valence-electron chi connectivity index (χ0n) is 44.4. The standard InChI is InChI=1S/C56H72F4N10O6S/c1-35-47(77-34-64-35)38-11-12-39(29-62-50(73)45-28-42(72)32-70(45)51(74)48(54(2,3)4)65-52(75)55(57)17-18-55)46(27-38)76-26-6-5-21-67-22-24-68(25-23-67)31-36-7-9-37(10-8-36)44-33-69(40-13-15-41(71)16-14-40)49-43(44)30-63-53(66-49)61-20-19-56(58,59)60/h7-12,27,30,33-34,40-42,45,48,71-72H,5-6,13-26,28-29,31-32H2,1-4H3,(H,62,73)(H,65,75)(H,61,63,66)/t40?,41?,42-,45+,48-/m1/s1. The fraction of sp³-hybridized carbons (Fsp3) is 0.571. The third-order valence-electron chi connectivity index (χ3n) is 15.5. The average molecular weight is 1090 g/mol. The number of nitrogens with one attached hydrogen (secondary N) is 3. The van der Waals surface area contributed by atoms with Crippen molar-refractivity contribution >= 4 is 46.0 Å². The number of rotatable bonds is 20. The van der Waals surface area contributed by atoms with Crippen LogP contribution in [0.1, 0.15) is 108 Å². The summed E-state index contributed by atoms with van der Waals surface area (Å²) < 4.78 is 61.9. The number of halogens is 4. The van der Waals surface area contributed by atoms with Gasteiger partial charge in [0.15, 0.2) is 5.67 Å². The van der Waals surface area contributed by atoms with E-state index in [1.54, 1.807) is 32.5 Å². The monoisotopic (exact) mass is 1090 g/mol. The molecule has 0 bridgehead atoms. The van der Waals surface area contributed by atoms with Crippen LogP contribution in [-0.2, 0) is 27.5 Å². The molecule has 2 aliphatic carbocycles. The summed E-state index contributed by atoms with van der Waals surface area (Å²) in [7, 11) is 0. The second-order valence-corrected chi connectivity index (χ2v) is 23.3. The molecular weight excluding hydrogens is 1020 g/mol. The molecule has 3 aromatic heterocycles. The molecule has 4 aliphatic rings. The lowest BCUT2D eigenvalue weighted by Crippen LogP contribution is -2.59. The van der Waals surface area contributed by atoms with Crippen LogP contribution in [0.3, 0.4) is 0 Å². The van der Waals surface area contributed by atoms with E-state index in [-0.39, 0.29) is 57.0 Å². The molecule has 4 fully saturated rings. The van der Waals surface area contributed by atoms with E-state index < -0.39 is 59.6 Å². The Kier molecular flexibility index (Phi) is 17.2. The van der Waals surface area contributed by atoms with Crippen molar-refractivity contribution in [2.24, 2.45) is 5.41 Å². The number of β-amino-alcohol motifs (C(OH)–C–C–N with tert-alkyl or cyclic N) is 1. The van der Waals surface area contributed by atoms with Crippen LogP contribution in [0.4, 0.5) is 23.5 Å². The fourth-order valence-electron chi connectivity index (χ4n) is 10.7. The number of unbranched alkanes of at least 4 members (excludes halogenated alkanes) is 1. The summed E-state index contributed by atoms with van der Waals surface area (Å²) in [5, 5.41) is 30.0. The number of piperazine rings is 1. The zero-order chi connectivity index (χ0) is 54.6. The number of fused-ring (bicyclic) bond motifs is 1. The van der Waals surface area contributed by atoms with Gasteiger partial charge in [-0.2, -0.15) is 18.2 Å². The van der Waals surface area contributed by atoms with Gasteiger partial charge in [-0.15, -0.1) is 11.3 Å². The number of nitrogens with zero attached hydrogens (tertiary/aromatic N) is 7. The van der Waals surface area contributed by atoms with Crippen molar-refractivity contribution in [2.75, 3.05) is 57.7 Å². The Labute approximate surface area is 451 Å². The number of likely N-dealkylation sites (tertiary alicyclic amines) is 1. The van der Waals surface area contributed by atoms with Gasteiger partial charge in [-0.1, -0.05) is 57.2 Å². The number of thiazole rings is 1. The van der Waals surface area contributed by atoms with Crippen LogP contribution in [-0.4, -0.2) is 151 Å². The van der Waals surface area contributed by atoms with E-state index in [0.717, 1.165) is 103 Å². The molecule has 2 aliphatic heterocycles. The van der Waals surface area contributed by atoms with E-state index in [1.165, 1.54) is 21.8 Å². The lowest BCUT2D eigenvalue weighted by atomic mass is 9.85. The molecule has 21 heteroatoms. The number of anilines is 1. The Balaban J connectivity index is 0.761. The molecule has 2 saturated carbocycles. The summed E-state index contributed by atoms with van der Waals surface area (Å²) >= 11 is 1.54. The molecule has 3 atom stereocenters. The maximum absolute atomic E-state index is 14.7. The summed E-state index contributed by atoms with van der Waals surface area (Å²) in [5.41, 5.74) is 5.44. The minimum atomic E-state index is -4.28. The van der Waals surface area contributed by atoms with E-state index >= 15 is 0 Å². The number of hydrogen-bond donors (Lipinski definition) is 5. The first-order valence-corrected chi connectivity index (χ1v) is 27.9. The molecule has 9 rings (SSSR count). The molecule has 5 N–H and O–H groups in total. The SMILES string of the molecule is Cc1ncsc1-c1ccc(CNC(=O)[C@@H]2C[C@@H](O)CN2C(=O)[C@@H](NC(=O)C2(F)CC2)C(C)(C)C)c(OCCCCN2CCN(Cc3ccc(-c4cn(C5CCC(O)CC5)c5nc(NCCC(F)(F)F)ncc45)cc3)CC2)c1. The number of ether oxygens (including phenoxy) is 1. The van der Waals surface area contributed by atoms with Gasteiger partial charge < -0.3 is 45.3 Å². The largest absolute Gasteiger partial charge is 0.493 e. The van der Waals surface area contributed by atoms with Crippen molar-refractivity contribution in [3.8, 4) is 27.3 Å². The highest BCUT2D eigenvalue weighted by Gasteiger charge is 2.53. The van der Waals surface area contributed by atoms with Crippen LogP contribution >= 0.6 is 11.3 Å². The first-order chi connectivity index (χ1) is 36.7. The Bertz CT molecular complexity index is 2850. The third-order valence-corrected chi connectivity index (χ3v) is 16.4. The maximum atomic E-state index is 14.7. The molecule has 3 amide bonds. The topological polar surface area (TPSA) is 190 Å². The summed E-state index contributed by atoms with van der Waals surface area (Å²) in [6.07, 6.45) is 2.10. The van der Waals surface area contributed by atoms with E-state index in [2.05, 4.69) is 70.7 Å². The molecule has 2 saturated heterocycles. The molecule has 5 heterocycles. The Hall–Kier alpha value is -5.74. The number of hydrogen-bond acceptors (Lipinski definition) is 13. The lowest BCUT2D eigenvalue weighted by Gasteiger charge is -2.35. The number of amides is 3. The minimum absolute atomic E-state index is 0.0258. The number of aryl methyl sites for hydroxylation is 1. The van der Waals surface area contributed by atoms with Crippen LogP contribution in [0.5, 0.6) is 5.75 Å². The quantitative estimate of drug-likeness (QED) is 0.0374. The predicted octanol–water partition coefficient (Wildman–Crippen LogP) is 7.96. The van der Waals surface area contributed by atoms with Crippen LogP contribution in [0.2, 0.25) is 0 Å².